The van der Waals surface area contributed by atoms with E-state index in [0.717, 1.165) is 18.6 Å². The average Bonchev–Trinajstić information content (AvgIpc) is 2.40. The van der Waals surface area contributed by atoms with Crippen LogP contribution in [0.5, 0.6) is 11.5 Å². The lowest BCUT2D eigenvalue weighted by Crippen LogP contribution is -2.11. The van der Waals surface area contributed by atoms with Gasteiger partial charge in [0, 0.05) is 6.61 Å². The van der Waals surface area contributed by atoms with Crippen molar-refractivity contribution in [3.63, 3.8) is 0 Å². The van der Waals surface area contributed by atoms with Crippen LogP contribution in [0.25, 0.3) is 0 Å². The second kappa shape index (κ2) is 9.06. The van der Waals surface area contributed by atoms with Crippen molar-refractivity contribution in [2.45, 2.75) is 20.3 Å². The van der Waals surface area contributed by atoms with Gasteiger partial charge in [0.2, 0.25) is 0 Å². The van der Waals surface area contributed by atoms with E-state index in [-0.39, 0.29) is 0 Å². The first kappa shape index (κ1) is 17.1. The molecular formula is C15H24ClNO3. The maximum absolute atomic E-state index is 6.23. The maximum atomic E-state index is 6.23. The lowest BCUT2D eigenvalue weighted by molar-refractivity contribution is 0.0811. The molecule has 0 spiro atoms. The second-order valence-electron chi connectivity index (χ2n) is 4.96. The summed E-state index contributed by atoms with van der Waals surface area (Å²) in [7, 11) is 1.60. The highest BCUT2D eigenvalue weighted by Gasteiger charge is 2.11. The van der Waals surface area contributed by atoms with Crippen molar-refractivity contribution in [1.29, 1.82) is 0 Å². The van der Waals surface area contributed by atoms with E-state index in [2.05, 4.69) is 13.8 Å². The highest BCUT2D eigenvalue weighted by Crippen LogP contribution is 2.36. The van der Waals surface area contributed by atoms with E-state index in [4.69, 9.17) is 31.5 Å². The zero-order chi connectivity index (χ0) is 15.0. The number of ether oxygens (including phenoxy) is 3. The molecule has 0 aliphatic carbocycles. The predicted octanol–water partition coefficient (Wildman–Crippen LogP) is 2.90. The molecule has 0 unspecified atom stereocenters. The molecule has 0 saturated carbocycles. The molecular weight excluding hydrogens is 278 g/mol. The summed E-state index contributed by atoms with van der Waals surface area (Å²) >= 11 is 6.23. The van der Waals surface area contributed by atoms with Crippen LogP contribution in [-0.4, -0.2) is 33.5 Å². The van der Waals surface area contributed by atoms with Crippen molar-refractivity contribution in [2.75, 3.05) is 33.5 Å². The number of halogens is 1. The highest BCUT2D eigenvalue weighted by molar-refractivity contribution is 6.32. The Morgan fingerprint density at radius 3 is 2.60 bits per heavy atom. The smallest absolute Gasteiger partial charge is 0.179 e. The normalized spacial score (nSPS) is 10.9. The Kier molecular flexibility index (Phi) is 7.73. The number of nitrogens with two attached hydrogens (primary N) is 1. The Bertz CT molecular complexity index is 410. The summed E-state index contributed by atoms with van der Waals surface area (Å²) in [6.07, 6.45) is 0.758. The van der Waals surface area contributed by atoms with Crippen LogP contribution in [0, 0.1) is 5.92 Å². The summed E-state index contributed by atoms with van der Waals surface area (Å²) in [4.78, 5) is 0. The third kappa shape index (κ3) is 5.57. The second-order valence-corrected chi connectivity index (χ2v) is 5.37. The minimum atomic E-state index is 0.443. The lowest BCUT2D eigenvalue weighted by atomic mass is 10.1. The van der Waals surface area contributed by atoms with Crippen LogP contribution < -0.4 is 15.2 Å². The molecule has 0 atom stereocenters. The van der Waals surface area contributed by atoms with Crippen molar-refractivity contribution < 1.29 is 14.2 Å². The summed E-state index contributed by atoms with van der Waals surface area (Å²) in [5, 5.41) is 0.539. The van der Waals surface area contributed by atoms with E-state index in [1.54, 1.807) is 7.11 Å². The van der Waals surface area contributed by atoms with Crippen LogP contribution in [-0.2, 0) is 11.2 Å². The first-order valence-electron chi connectivity index (χ1n) is 6.85. The van der Waals surface area contributed by atoms with Gasteiger partial charge in [0.25, 0.3) is 0 Å². The van der Waals surface area contributed by atoms with Gasteiger partial charge in [0.15, 0.2) is 11.5 Å². The number of hydrogen-bond acceptors (Lipinski definition) is 4. The summed E-state index contributed by atoms with van der Waals surface area (Å²) in [6.45, 7) is 6.49. The maximum Gasteiger partial charge on any atom is 0.179 e. The van der Waals surface area contributed by atoms with Gasteiger partial charge in [-0.15, -0.1) is 0 Å². The molecule has 0 fully saturated rings. The van der Waals surface area contributed by atoms with Crippen molar-refractivity contribution in [2.24, 2.45) is 11.7 Å². The molecule has 0 aliphatic heterocycles. The summed E-state index contributed by atoms with van der Waals surface area (Å²) in [5.41, 5.74) is 6.59. The molecule has 20 heavy (non-hydrogen) atoms. The third-order valence-electron chi connectivity index (χ3n) is 2.65. The molecule has 1 aromatic carbocycles. The Morgan fingerprint density at radius 2 is 2.00 bits per heavy atom. The monoisotopic (exact) mass is 301 g/mol. The zero-order valence-electron chi connectivity index (χ0n) is 12.4. The fraction of sp³-hybridized carbons (Fsp3) is 0.600. The fourth-order valence-electron chi connectivity index (χ4n) is 1.75. The molecule has 0 aliphatic rings. The number of hydrogen-bond donors (Lipinski definition) is 1. The first-order chi connectivity index (χ1) is 9.58. The standard InChI is InChI=1S/C15H24ClNO3/c1-11(2)10-19-6-7-20-15-13(16)8-12(4-5-17)9-14(15)18-3/h8-9,11H,4-7,10,17H2,1-3H3. The van der Waals surface area contributed by atoms with Gasteiger partial charge in [-0.1, -0.05) is 25.4 Å². The SMILES string of the molecule is COc1cc(CCN)cc(Cl)c1OCCOCC(C)C. The van der Waals surface area contributed by atoms with E-state index in [1.165, 1.54) is 0 Å². The molecule has 0 saturated heterocycles. The van der Waals surface area contributed by atoms with Gasteiger partial charge >= 0.3 is 0 Å². The lowest BCUT2D eigenvalue weighted by Gasteiger charge is -2.14. The van der Waals surface area contributed by atoms with Gasteiger partial charge in [-0.2, -0.15) is 0 Å². The van der Waals surface area contributed by atoms with Crippen LogP contribution >= 0.6 is 11.6 Å². The molecule has 0 radical (unpaired) electrons. The molecule has 1 aromatic rings. The first-order valence-corrected chi connectivity index (χ1v) is 7.23. The Hall–Kier alpha value is -0.970. The zero-order valence-corrected chi connectivity index (χ0v) is 13.2. The largest absolute Gasteiger partial charge is 0.493 e. The van der Waals surface area contributed by atoms with Gasteiger partial charge < -0.3 is 19.9 Å². The van der Waals surface area contributed by atoms with Crippen molar-refractivity contribution in [3.05, 3.63) is 22.7 Å². The average molecular weight is 302 g/mol. The van der Waals surface area contributed by atoms with Crippen molar-refractivity contribution in [3.8, 4) is 11.5 Å². The van der Waals surface area contributed by atoms with Crippen molar-refractivity contribution in [1.82, 2.24) is 0 Å². The van der Waals surface area contributed by atoms with Crippen molar-refractivity contribution >= 4 is 11.6 Å². The van der Waals surface area contributed by atoms with E-state index in [0.29, 0.717) is 42.2 Å². The van der Waals surface area contributed by atoms with E-state index >= 15 is 0 Å². The van der Waals surface area contributed by atoms with Gasteiger partial charge in [-0.05, 0) is 36.6 Å². The molecule has 0 aromatic heterocycles. The fourth-order valence-corrected chi connectivity index (χ4v) is 2.03. The van der Waals surface area contributed by atoms with Crippen LogP contribution in [0.2, 0.25) is 5.02 Å². The van der Waals surface area contributed by atoms with Crippen LogP contribution in [0.4, 0.5) is 0 Å². The quantitative estimate of drug-likeness (QED) is 0.713. The van der Waals surface area contributed by atoms with Crippen LogP contribution in [0.1, 0.15) is 19.4 Å². The molecule has 5 heteroatoms. The van der Waals surface area contributed by atoms with E-state index in [1.807, 2.05) is 12.1 Å². The van der Waals surface area contributed by atoms with Gasteiger partial charge in [-0.25, -0.2) is 0 Å². The predicted molar refractivity (Wildman–Crippen MR) is 81.9 cm³/mol. The van der Waals surface area contributed by atoms with Gasteiger partial charge in [0.05, 0.1) is 18.7 Å². The minimum Gasteiger partial charge on any atom is -0.493 e. The van der Waals surface area contributed by atoms with E-state index in [9.17, 15) is 0 Å². The molecule has 0 amide bonds. The van der Waals surface area contributed by atoms with E-state index < -0.39 is 0 Å². The molecule has 4 nitrogen and oxygen atoms in total. The minimum absolute atomic E-state index is 0.443. The molecule has 0 bridgehead atoms. The molecule has 2 N–H and O–H groups in total. The summed E-state index contributed by atoms with van der Waals surface area (Å²) in [6, 6.07) is 3.77. The number of rotatable bonds is 9. The van der Waals surface area contributed by atoms with Gasteiger partial charge in [0.1, 0.15) is 6.61 Å². The van der Waals surface area contributed by atoms with Crippen LogP contribution in [0.15, 0.2) is 12.1 Å². The number of benzene rings is 1. The van der Waals surface area contributed by atoms with Gasteiger partial charge in [-0.3, -0.25) is 0 Å². The third-order valence-corrected chi connectivity index (χ3v) is 2.93. The Morgan fingerprint density at radius 1 is 1.25 bits per heavy atom. The molecule has 0 heterocycles. The Labute approximate surface area is 126 Å². The highest BCUT2D eigenvalue weighted by atomic mass is 35.5. The summed E-state index contributed by atoms with van der Waals surface area (Å²) < 4.78 is 16.4. The van der Waals surface area contributed by atoms with Crippen LogP contribution in [0.3, 0.4) is 0 Å². The summed E-state index contributed by atoms with van der Waals surface area (Å²) in [5.74, 6) is 1.71. The topological polar surface area (TPSA) is 53.7 Å². The number of methoxy groups -OCH3 is 1. The molecule has 114 valence electrons. The molecule has 1 rings (SSSR count). The Balaban J connectivity index is 2.60.